The van der Waals surface area contributed by atoms with Crippen LogP contribution >= 0.6 is 11.3 Å². The van der Waals surface area contributed by atoms with Crippen LogP contribution in [0.2, 0.25) is 0 Å². The van der Waals surface area contributed by atoms with Gasteiger partial charge in [0.25, 0.3) is 5.78 Å². The van der Waals surface area contributed by atoms with Crippen molar-refractivity contribution in [2.75, 3.05) is 12.0 Å². The van der Waals surface area contributed by atoms with E-state index in [9.17, 15) is 14.7 Å². The van der Waals surface area contributed by atoms with Crippen LogP contribution in [-0.4, -0.2) is 40.2 Å². The summed E-state index contributed by atoms with van der Waals surface area (Å²) < 4.78 is 11.0. The molecule has 33 heavy (non-hydrogen) atoms. The fourth-order valence-corrected chi connectivity index (χ4v) is 4.37. The Morgan fingerprint density at radius 1 is 1.09 bits per heavy atom. The van der Waals surface area contributed by atoms with Crippen LogP contribution in [0.1, 0.15) is 36.0 Å². The minimum absolute atomic E-state index is 0.00167. The van der Waals surface area contributed by atoms with Gasteiger partial charge in [0.1, 0.15) is 22.3 Å². The maximum absolute atomic E-state index is 13.2. The van der Waals surface area contributed by atoms with Crippen molar-refractivity contribution in [1.29, 1.82) is 0 Å². The minimum atomic E-state index is -0.890. The zero-order valence-electron chi connectivity index (χ0n) is 18.6. The maximum atomic E-state index is 13.2. The van der Waals surface area contributed by atoms with Crippen molar-refractivity contribution in [1.82, 2.24) is 10.2 Å². The predicted octanol–water partition coefficient (Wildman–Crippen LogP) is 4.27. The van der Waals surface area contributed by atoms with Crippen LogP contribution in [-0.2, 0) is 9.59 Å². The number of carbonyl (C=O) groups is 2. The number of aliphatic hydroxyl groups is 1. The molecule has 1 aromatic heterocycles. The lowest BCUT2D eigenvalue weighted by Gasteiger charge is -2.23. The van der Waals surface area contributed by atoms with Gasteiger partial charge in [0, 0.05) is 5.56 Å². The molecule has 3 aromatic rings. The number of nitrogens with zero attached hydrogens (tertiary/aromatic N) is 3. The van der Waals surface area contributed by atoms with Gasteiger partial charge in [-0.05, 0) is 62.7 Å². The normalized spacial score (nSPS) is 17.6. The standard InChI is InChI=1S/C24H23N3O5S/c1-13(2)32-17-10-8-15(9-11-17)21(28)19-20(16-6-5-7-18(12-16)31-4)27(23(30)22(19)29)24-26-25-14(3)33-24/h5-13,20,28H,1-4H3/b21-19-. The van der Waals surface area contributed by atoms with Gasteiger partial charge < -0.3 is 14.6 Å². The number of amides is 1. The van der Waals surface area contributed by atoms with Crippen LogP contribution in [0.3, 0.4) is 0 Å². The van der Waals surface area contributed by atoms with Gasteiger partial charge in [-0.3, -0.25) is 14.5 Å². The highest BCUT2D eigenvalue weighted by Crippen LogP contribution is 2.43. The Morgan fingerprint density at radius 3 is 2.42 bits per heavy atom. The summed E-state index contributed by atoms with van der Waals surface area (Å²) in [6.45, 7) is 5.59. The Labute approximate surface area is 195 Å². The van der Waals surface area contributed by atoms with Crippen molar-refractivity contribution < 1.29 is 24.2 Å². The molecule has 8 nitrogen and oxygen atoms in total. The predicted molar refractivity (Wildman–Crippen MR) is 125 cm³/mol. The second kappa shape index (κ2) is 9.03. The van der Waals surface area contributed by atoms with E-state index in [1.165, 1.54) is 23.3 Å². The average Bonchev–Trinajstić information content (AvgIpc) is 3.34. The van der Waals surface area contributed by atoms with Crippen LogP contribution in [0.4, 0.5) is 5.13 Å². The molecular weight excluding hydrogens is 442 g/mol. The summed E-state index contributed by atoms with van der Waals surface area (Å²) in [5, 5.41) is 20.2. The van der Waals surface area contributed by atoms with Gasteiger partial charge in [-0.25, -0.2) is 0 Å². The number of ether oxygens (including phenoxy) is 2. The number of benzene rings is 2. The first-order chi connectivity index (χ1) is 15.8. The third-order valence-electron chi connectivity index (χ3n) is 5.07. The topological polar surface area (TPSA) is 102 Å². The summed E-state index contributed by atoms with van der Waals surface area (Å²) in [5.74, 6) is -0.658. The van der Waals surface area contributed by atoms with Crippen LogP contribution < -0.4 is 14.4 Å². The van der Waals surface area contributed by atoms with E-state index in [0.29, 0.717) is 27.6 Å². The average molecular weight is 466 g/mol. The SMILES string of the molecule is COc1cccc(C2/C(=C(/O)c3ccc(OC(C)C)cc3)C(=O)C(=O)N2c2nnc(C)s2)c1. The number of aromatic nitrogens is 2. The molecule has 1 unspecified atom stereocenters. The summed E-state index contributed by atoms with van der Waals surface area (Å²) in [7, 11) is 1.53. The van der Waals surface area contributed by atoms with E-state index in [2.05, 4.69) is 10.2 Å². The highest BCUT2D eigenvalue weighted by atomic mass is 32.1. The zero-order valence-corrected chi connectivity index (χ0v) is 19.4. The Balaban J connectivity index is 1.87. The first-order valence-electron chi connectivity index (χ1n) is 10.3. The van der Waals surface area contributed by atoms with E-state index in [1.807, 2.05) is 13.8 Å². The van der Waals surface area contributed by atoms with Gasteiger partial charge in [-0.1, -0.05) is 23.5 Å². The van der Waals surface area contributed by atoms with Gasteiger partial charge >= 0.3 is 5.91 Å². The quantitative estimate of drug-likeness (QED) is 0.329. The van der Waals surface area contributed by atoms with E-state index in [0.717, 1.165) is 0 Å². The lowest BCUT2D eigenvalue weighted by Crippen LogP contribution is -2.29. The molecule has 1 amide bonds. The summed E-state index contributed by atoms with van der Waals surface area (Å²) in [5.41, 5.74) is 0.965. The molecule has 1 saturated heterocycles. The molecule has 9 heteroatoms. The fourth-order valence-electron chi connectivity index (χ4n) is 3.66. The molecule has 1 fully saturated rings. The highest BCUT2D eigenvalue weighted by Gasteiger charge is 2.48. The number of carbonyl (C=O) groups excluding carboxylic acids is 2. The van der Waals surface area contributed by atoms with Crippen molar-refractivity contribution in [3.8, 4) is 11.5 Å². The molecular formula is C24H23N3O5S. The van der Waals surface area contributed by atoms with Crippen LogP contribution in [0, 0.1) is 6.92 Å². The van der Waals surface area contributed by atoms with E-state index in [-0.39, 0.29) is 22.6 Å². The fraction of sp³-hybridized carbons (Fsp3) is 0.250. The second-order valence-corrected chi connectivity index (χ2v) is 8.90. The second-order valence-electron chi connectivity index (χ2n) is 7.74. The molecule has 0 saturated carbocycles. The first-order valence-corrected chi connectivity index (χ1v) is 11.1. The molecule has 1 aliphatic rings. The maximum Gasteiger partial charge on any atom is 0.301 e. The van der Waals surface area contributed by atoms with Gasteiger partial charge in [0.05, 0.1) is 24.8 Å². The molecule has 1 aliphatic heterocycles. The number of rotatable bonds is 6. The Morgan fingerprint density at radius 2 is 1.82 bits per heavy atom. The molecule has 0 spiro atoms. The van der Waals surface area contributed by atoms with Crippen molar-refractivity contribution >= 4 is 33.9 Å². The molecule has 0 radical (unpaired) electrons. The number of Topliss-reactive ketones (excluding diaryl/α,β-unsaturated/α-hetero) is 1. The molecule has 4 rings (SSSR count). The van der Waals surface area contributed by atoms with E-state index in [4.69, 9.17) is 9.47 Å². The monoisotopic (exact) mass is 465 g/mol. The van der Waals surface area contributed by atoms with Crippen LogP contribution in [0.25, 0.3) is 5.76 Å². The molecule has 1 N–H and O–H groups in total. The van der Waals surface area contributed by atoms with Gasteiger partial charge in [-0.15, -0.1) is 10.2 Å². The molecule has 0 aliphatic carbocycles. The molecule has 2 heterocycles. The molecule has 0 bridgehead atoms. The number of aliphatic hydroxyl groups excluding tert-OH is 1. The summed E-state index contributed by atoms with van der Waals surface area (Å²) in [4.78, 5) is 27.5. The van der Waals surface area contributed by atoms with Gasteiger partial charge in [-0.2, -0.15) is 0 Å². The third kappa shape index (κ3) is 4.31. The van der Waals surface area contributed by atoms with Crippen molar-refractivity contribution in [2.24, 2.45) is 0 Å². The lowest BCUT2D eigenvalue weighted by molar-refractivity contribution is -0.132. The zero-order chi connectivity index (χ0) is 23.7. The van der Waals surface area contributed by atoms with Crippen molar-refractivity contribution in [3.05, 3.63) is 70.2 Å². The van der Waals surface area contributed by atoms with Gasteiger partial charge in [0.2, 0.25) is 5.13 Å². The third-order valence-corrected chi connectivity index (χ3v) is 5.91. The minimum Gasteiger partial charge on any atom is -0.507 e. The summed E-state index contributed by atoms with van der Waals surface area (Å²) >= 11 is 1.19. The summed E-state index contributed by atoms with van der Waals surface area (Å²) in [6, 6.07) is 12.8. The molecule has 1 atom stereocenters. The van der Waals surface area contributed by atoms with Crippen molar-refractivity contribution in [2.45, 2.75) is 32.9 Å². The van der Waals surface area contributed by atoms with E-state index in [1.54, 1.807) is 55.5 Å². The Bertz CT molecular complexity index is 1230. The lowest BCUT2D eigenvalue weighted by atomic mass is 9.95. The van der Waals surface area contributed by atoms with E-state index < -0.39 is 17.7 Å². The highest BCUT2D eigenvalue weighted by molar-refractivity contribution is 7.15. The van der Waals surface area contributed by atoms with E-state index >= 15 is 0 Å². The Hall–Kier alpha value is -3.72. The number of hydrogen-bond acceptors (Lipinski definition) is 8. The van der Waals surface area contributed by atoms with Gasteiger partial charge in [0.15, 0.2) is 0 Å². The van der Waals surface area contributed by atoms with Crippen LogP contribution in [0.15, 0.2) is 54.1 Å². The van der Waals surface area contributed by atoms with Crippen molar-refractivity contribution in [3.63, 3.8) is 0 Å². The first kappa shape index (κ1) is 22.5. The number of methoxy groups -OCH3 is 1. The Kier molecular flexibility index (Phi) is 6.15. The largest absolute Gasteiger partial charge is 0.507 e. The molecule has 170 valence electrons. The summed E-state index contributed by atoms with van der Waals surface area (Å²) in [6.07, 6.45) is -0.00167. The smallest absolute Gasteiger partial charge is 0.301 e. The van der Waals surface area contributed by atoms with Crippen LogP contribution in [0.5, 0.6) is 11.5 Å². The number of ketones is 1. The number of anilines is 1. The molecule has 2 aromatic carbocycles. The number of aryl methyl sites for hydroxylation is 1. The number of hydrogen-bond donors (Lipinski definition) is 1.